The van der Waals surface area contributed by atoms with E-state index in [1.165, 1.54) is 0 Å². The molecular formula is C9H18N4O. The van der Waals surface area contributed by atoms with E-state index in [9.17, 15) is 0 Å². The van der Waals surface area contributed by atoms with Crippen LogP contribution in [0.2, 0.25) is 0 Å². The Morgan fingerprint density at radius 2 is 2.21 bits per heavy atom. The lowest BCUT2D eigenvalue weighted by Crippen LogP contribution is -2.19. The molecule has 5 nitrogen and oxygen atoms in total. The Kier molecular flexibility index (Phi) is 5.94. The third-order valence-electron chi connectivity index (χ3n) is 1.91. The number of hydrogen-bond acceptors (Lipinski definition) is 4. The van der Waals surface area contributed by atoms with E-state index < -0.39 is 0 Å². The summed E-state index contributed by atoms with van der Waals surface area (Å²) < 4.78 is 6.79. The van der Waals surface area contributed by atoms with E-state index in [0.29, 0.717) is 0 Å². The molecule has 80 valence electrons. The zero-order valence-electron chi connectivity index (χ0n) is 8.65. The lowest BCUT2D eigenvalue weighted by molar-refractivity contribution is 0.194. The number of rotatable bonds is 8. The van der Waals surface area contributed by atoms with Crippen LogP contribution in [-0.4, -0.2) is 41.8 Å². The van der Waals surface area contributed by atoms with Gasteiger partial charge in [-0.3, -0.25) is 4.68 Å². The first-order valence-corrected chi connectivity index (χ1v) is 4.97. The molecule has 1 heterocycles. The minimum absolute atomic E-state index is 0.829. The first-order valence-electron chi connectivity index (χ1n) is 4.97. The molecule has 0 unspecified atom stereocenters. The maximum atomic E-state index is 4.94. The van der Waals surface area contributed by atoms with Crippen molar-refractivity contribution in [3.05, 3.63) is 12.4 Å². The van der Waals surface area contributed by atoms with E-state index in [2.05, 4.69) is 15.6 Å². The molecule has 0 fully saturated rings. The first kappa shape index (κ1) is 11.1. The van der Waals surface area contributed by atoms with Gasteiger partial charge in [-0.25, -0.2) is 0 Å². The minimum Gasteiger partial charge on any atom is -0.385 e. The molecule has 0 spiro atoms. The van der Waals surface area contributed by atoms with Crippen molar-refractivity contribution in [3.63, 3.8) is 0 Å². The summed E-state index contributed by atoms with van der Waals surface area (Å²) in [6.45, 7) is 3.79. The smallest absolute Gasteiger partial charge is 0.0692 e. The highest BCUT2D eigenvalue weighted by Crippen LogP contribution is 1.86. The molecule has 0 saturated heterocycles. The topological polar surface area (TPSA) is 52.0 Å². The van der Waals surface area contributed by atoms with Gasteiger partial charge in [-0.05, 0) is 25.9 Å². The molecule has 1 N–H and O–H groups in total. The van der Waals surface area contributed by atoms with Gasteiger partial charge in [0.15, 0.2) is 0 Å². The number of methoxy groups -OCH3 is 1. The van der Waals surface area contributed by atoms with E-state index in [1.54, 1.807) is 13.3 Å². The Labute approximate surface area is 84.4 Å². The van der Waals surface area contributed by atoms with E-state index >= 15 is 0 Å². The van der Waals surface area contributed by atoms with Gasteiger partial charge in [0, 0.05) is 26.5 Å². The number of aryl methyl sites for hydroxylation is 1. The van der Waals surface area contributed by atoms with Crippen molar-refractivity contribution in [3.8, 4) is 0 Å². The van der Waals surface area contributed by atoms with Gasteiger partial charge in [-0.1, -0.05) is 5.21 Å². The minimum atomic E-state index is 0.829. The average molecular weight is 198 g/mol. The number of nitrogens with one attached hydrogen (secondary N) is 1. The third-order valence-corrected chi connectivity index (χ3v) is 1.91. The Morgan fingerprint density at radius 1 is 1.36 bits per heavy atom. The second kappa shape index (κ2) is 7.46. The average Bonchev–Trinajstić information content (AvgIpc) is 2.69. The van der Waals surface area contributed by atoms with Crippen LogP contribution in [0.5, 0.6) is 0 Å². The lowest BCUT2D eigenvalue weighted by atomic mass is 10.4. The molecule has 1 aromatic rings. The molecule has 0 atom stereocenters. The van der Waals surface area contributed by atoms with Crippen LogP contribution in [0, 0.1) is 0 Å². The molecule has 1 rings (SSSR count). The van der Waals surface area contributed by atoms with Gasteiger partial charge >= 0.3 is 0 Å². The second-order valence-electron chi connectivity index (χ2n) is 3.12. The Hall–Kier alpha value is -0.940. The van der Waals surface area contributed by atoms with Crippen molar-refractivity contribution in [2.45, 2.75) is 19.4 Å². The highest BCUT2D eigenvalue weighted by molar-refractivity contribution is 4.63. The van der Waals surface area contributed by atoms with Gasteiger partial charge in [-0.15, -0.1) is 5.10 Å². The molecule has 0 amide bonds. The van der Waals surface area contributed by atoms with Gasteiger partial charge in [0.25, 0.3) is 0 Å². The van der Waals surface area contributed by atoms with Crippen LogP contribution in [0.4, 0.5) is 0 Å². The van der Waals surface area contributed by atoms with E-state index in [4.69, 9.17) is 4.74 Å². The van der Waals surface area contributed by atoms with Gasteiger partial charge in [0.1, 0.15) is 0 Å². The number of aromatic nitrogens is 3. The molecule has 0 saturated carbocycles. The summed E-state index contributed by atoms with van der Waals surface area (Å²) in [5.74, 6) is 0. The SMILES string of the molecule is COCCCNCCCn1ccnn1. The summed E-state index contributed by atoms with van der Waals surface area (Å²) in [6.07, 6.45) is 5.73. The zero-order chi connectivity index (χ0) is 10.1. The number of hydrogen-bond donors (Lipinski definition) is 1. The number of nitrogens with zero attached hydrogens (tertiary/aromatic N) is 3. The van der Waals surface area contributed by atoms with E-state index in [1.807, 2.05) is 10.9 Å². The summed E-state index contributed by atoms with van der Waals surface area (Å²) in [7, 11) is 1.73. The van der Waals surface area contributed by atoms with Crippen molar-refractivity contribution in [2.24, 2.45) is 0 Å². The van der Waals surface area contributed by atoms with Crippen molar-refractivity contribution in [1.29, 1.82) is 0 Å². The fourth-order valence-electron chi connectivity index (χ4n) is 1.18. The van der Waals surface area contributed by atoms with Crippen molar-refractivity contribution in [2.75, 3.05) is 26.8 Å². The Balaban J connectivity index is 1.85. The summed E-state index contributed by atoms with van der Waals surface area (Å²) in [5, 5.41) is 11.0. The van der Waals surface area contributed by atoms with Crippen LogP contribution in [-0.2, 0) is 11.3 Å². The molecule has 1 aromatic heterocycles. The van der Waals surface area contributed by atoms with Crippen molar-refractivity contribution >= 4 is 0 Å². The molecule has 0 aliphatic heterocycles. The van der Waals surface area contributed by atoms with Crippen molar-refractivity contribution < 1.29 is 4.74 Å². The number of ether oxygens (including phenoxy) is 1. The standard InChI is InChI=1S/C9H18N4O/c1-14-9-3-5-10-4-2-7-13-8-6-11-12-13/h6,8,10H,2-5,7,9H2,1H3. The van der Waals surface area contributed by atoms with Crippen LogP contribution >= 0.6 is 0 Å². The third kappa shape index (κ3) is 4.94. The van der Waals surface area contributed by atoms with E-state index in [-0.39, 0.29) is 0 Å². The molecule has 0 aliphatic carbocycles. The van der Waals surface area contributed by atoms with Gasteiger partial charge in [-0.2, -0.15) is 0 Å². The normalized spacial score (nSPS) is 10.6. The summed E-state index contributed by atoms with van der Waals surface area (Å²) >= 11 is 0. The largest absolute Gasteiger partial charge is 0.385 e. The highest BCUT2D eigenvalue weighted by atomic mass is 16.5. The highest BCUT2D eigenvalue weighted by Gasteiger charge is 1.91. The monoisotopic (exact) mass is 198 g/mol. The fourth-order valence-corrected chi connectivity index (χ4v) is 1.18. The molecule has 0 radical (unpaired) electrons. The van der Waals surface area contributed by atoms with Crippen LogP contribution in [0.1, 0.15) is 12.8 Å². The van der Waals surface area contributed by atoms with Crippen LogP contribution < -0.4 is 5.32 Å². The predicted molar refractivity (Wildman–Crippen MR) is 54.0 cm³/mol. The molecule has 5 heteroatoms. The molecule has 0 bridgehead atoms. The predicted octanol–water partition coefficient (Wildman–Crippen LogP) is 0.294. The fraction of sp³-hybridized carbons (Fsp3) is 0.778. The Bertz CT molecular complexity index is 213. The first-order chi connectivity index (χ1) is 6.93. The van der Waals surface area contributed by atoms with Gasteiger partial charge < -0.3 is 10.1 Å². The lowest BCUT2D eigenvalue weighted by Gasteiger charge is -2.03. The zero-order valence-corrected chi connectivity index (χ0v) is 8.65. The van der Waals surface area contributed by atoms with Crippen LogP contribution in [0.3, 0.4) is 0 Å². The van der Waals surface area contributed by atoms with Crippen molar-refractivity contribution in [1.82, 2.24) is 20.3 Å². The Morgan fingerprint density at radius 3 is 2.93 bits per heavy atom. The maximum Gasteiger partial charge on any atom is 0.0692 e. The van der Waals surface area contributed by atoms with E-state index in [0.717, 1.165) is 39.1 Å². The quantitative estimate of drug-likeness (QED) is 0.610. The molecule has 14 heavy (non-hydrogen) atoms. The molecule has 0 aliphatic rings. The van der Waals surface area contributed by atoms with Gasteiger partial charge in [0.2, 0.25) is 0 Å². The van der Waals surface area contributed by atoms with Crippen LogP contribution in [0.25, 0.3) is 0 Å². The maximum absolute atomic E-state index is 4.94. The van der Waals surface area contributed by atoms with Crippen LogP contribution in [0.15, 0.2) is 12.4 Å². The second-order valence-corrected chi connectivity index (χ2v) is 3.12. The molecular weight excluding hydrogens is 180 g/mol. The summed E-state index contributed by atoms with van der Waals surface area (Å²) in [5.41, 5.74) is 0. The summed E-state index contributed by atoms with van der Waals surface area (Å²) in [4.78, 5) is 0. The van der Waals surface area contributed by atoms with Gasteiger partial charge in [0.05, 0.1) is 6.20 Å². The molecule has 0 aromatic carbocycles. The summed E-state index contributed by atoms with van der Waals surface area (Å²) in [6, 6.07) is 0.